The summed E-state index contributed by atoms with van der Waals surface area (Å²) in [6, 6.07) is 10.5. The van der Waals surface area contributed by atoms with Crippen LogP contribution in [0.5, 0.6) is 0 Å². The van der Waals surface area contributed by atoms with Crippen LogP contribution in [-0.2, 0) is 0 Å². The van der Waals surface area contributed by atoms with Crippen molar-refractivity contribution in [2.75, 3.05) is 0 Å². The first-order valence-electron chi connectivity index (χ1n) is 5.82. The maximum atomic E-state index is 6.15. The quantitative estimate of drug-likeness (QED) is 0.755. The number of furan rings is 1. The zero-order chi connectivity index (χ0) is 14.1. The summed E-state index contributed by atoms with van der Waals surface area (Å²) in [7, 11) is 0. The molecule has 0 aliphatic heterocycles. The van der Waals surface area contributed by atoms with Crippen LogP contribution in [0.1, 0.15) is 17.4 Å². The van der Waals surface area contributed by atoms with Crippen molar-refractivity contribution in [2.45, 2.75) is 6.04 Å². The van der Waals surface area contributed by atoms with E-state index in [1.165, 1.54) is 0 Å². The van der Waals surface area contributed by atoms with Crippen LogP contribution in [-0.4, -0.2) is 15.2 Å². The monoisotopic (exact) mass is 352 g/mol. The summed E-state index contributed by atoms with van der Waals surface area (Å²) in [4.78, 5) is 4.35. The Labute approximate surface area is 128 Å². The van der Waals surface area contributed by atoms with Crippen LogP contribution in [0.25, 0.3) is 11.6 Å². The Morgan fingerprint density at radius 2 is 1.95 bits per heavy atom. The molecule has 3 N–H and O–H groups in total. The number of H-pyrrole nitrogens is 1. The molecule has 0 fully saturated rings. The molecule has 0 amide bonds. The number of aromatic nitrogens is 3. The molecular formula is C13H10BrClN4O. The first kappa shape index (κ1) is 13.4. The van der Waals surface area contributed by atoms with E-state index in [1.54, 1.807) is 24.3 Å². The van der Waals surface area contributed by atoms with E-state index in [9.17, 15) is 0 Å². The van der Waals surface area contributed by atoms with Gasteiger partial charge in [-0.1, -0.05) is 23.7 Å². The lowest BCUT2D eigenvalue weighted by molar-refractivity contribution is 0.551. The van der Waals surface area contributed by atoms with Crippen molar-refractivity contribution in [3.8, 4) is 11.6 Å². The highest BCUT2D eigenvalue weighted by molar-refractivity contribution is 9.10. The summed E-state index contributed by atoms with van der Waals surface area (Å²) in [5, 5.41) is 7.61. The Morgan fingerprint density at radius 3 is 2.60 bits per heavy atom. The number of hydrogen-bond donors (Lipinski definition) is 2. The molecule has 3 aromatic rings. The summed E-state index contributed by atoms with van der Waals surface area (Å²) < 4.78 is 6.02. The molecule has 5 nitrogen and oxygen atoms in total. The van der Waals surface area contributed by atoms with Gasteiger partial charge in [-0.3, -0.25) is 5.10 Å². The maximum absolute atomic E-state index is 6.15. The fraction of sp³-hybridized carbons (Fsp3) is 0.0769. The van der Waals surface area contributed by atoms with Crippen LogP contribution in [0.3, 0.4) is 0 Å². The molecule has 0 unspecified atom stereocenters. The summed E-state index contributed by atoms with van der Waals surface area (Å²) in [5.74, 6) is 1.60. The average Bonchev–Trinajstić information content (AvgIpc) is 3.07. The summed E-state index contributed by atoms with van der Waals surface area (Å²) in [6.07, 6.45) is 0. The van der Waals surface area contributed by atoms with Gasteiger partial charge in [0, 0.05) is 5.02 Å². The van der Waals surface area contributed by atoms with Gasteiger partial charge < -0.3 is 10.2 Å². The first-order valence-corrected chi connectivity index (χ1v) is 6.99. The van der Waals surface area contributed by atoms with Crippen LogP contribution in [0, 0.1) is 0 Å². The topological polar surface area (TPSA) is 80.7 Å². The Kier molecular flexibility index (Phi) is 3.60. The lowest BCUT2D eigenvalue weighted by Gasteiger charge is -2.08. The first-order chi connectivity index (χ1) is 9.63. The minimum atomic E-state index is -0.396. The number of benzene rings is 1. The lowest BCUT2D eigenvalue weighted by atomic mass is 10.1. The molecule has 2 heterocycles. The Balaban J connectivity index is 1.88. The van der Waals surface area contributed by atoms with E-state index in [1.807, 2.05) is 12.1 Å². The molecule has 102 valence electrons. The molecule has 0 radical (unpaired) electrons. The van der Waals surface area contributed by atoms with Gasteiger partial charge in [0.2, 0.25) is 5.82 Å². The molecule has 3 rings (SSSR count). The highest BCUT2D eigenvalue weighted by atomic mass is 79.9. The van der Waals surface area contributed by atoms with Gasteiger partial charge in [0.1, 0.15) is 5.82 Å². The van der Waals surface area contributed by atoms with Crippen molar-refractivity contribution in [1.29, 1.82) is 0 Å². The number of nitrogens with zero attached hydrogens (tertiary/aromatic N) is 2. The van der Waals surface area contributed by atoms with Crippen LogP contribution < -0.4 is 5.73 Å². The van der Waals surface area contributed by atoms with Gasteiger partial charge in [-0.25, -0.2) is 4.98 Å². The molecule has 0 aliphatic carbocycles. The van der Waals surface area contributed by atoms with E-state index in [-0.39, 0.29) is 0 Å². The molecule has 7 heteroatoms. The summed E-state index contributed by atoms with van der Waals surface area (Å²) in [6.45, 7) is 0. The third-order valence-electron chi connectivity index (χ3n) is 2.82. The minimum Gasteiger partial charge on any atom is -0.446 e. The third kappa shape index (κ3) is 2.63. The fourth-order valence-electron chi connectivity index (χ4n) is 1.79. The maximum Gasteiger partial charge on any atom is 0.217 e. The molecule has 0 aliphatic rings. The van der Waals surface area contributed by atoms with Crippen molar-refractivity contribution in [3.63, 3.8) is 0 Å². The largest absolute Gasteiger partial charge is 0.446 e. The Bertz CT molecular complexity index is 722. The van der Waals surface area contributed by atoms with Gasteiger partial charge in [0.05, 0.1) is 6.04 Å². The van der Waals surface area contributed by atoms with Crippen molar-refractivity contribution in [1.82, 2.24) is 15.2 Å². The van der Waals surface area contributed by atoms with E-state index >= 15 is 0 Å². The van der Waals surface area contributed by atoms with Crippen LogP contribution in [0.2, 0.25) is 5.02 Å². The number of nitrogens with one attached hydrogen (secondary N) is 1. The van der Waals surface area contributed by atoms with E-state index in [2.05, 4.69) is 31.1 Å². The fourth-order valence-corrected chi connectivity index (χ4v) is 2.22. The molecule has 0 saturated carbocycles. The zero-order valence-electron chi connectivity index (χ0n) is 10.2. The highest BCUT2D eigenvalue weighted by Crippen LogP contribution is 2.24. The number of hydrogen-bond acceptors (Lipinski definition) is 4. The van der Waals surface area contributed by atoms with Crippen molar-refractivity contribution in [2.24, 2.45) is 5.73 Å². The molecule has 1 atom stereocenters. The van der Waals surface area contributed by atoms with Crippen LogP contribution in [0.4, 0.5) is 0 Å². The number of rotatable bonds is 3. The van der Waals surface area contributed by atoms with E-state index in [0.29, 0.717) is 27.1 Å². The number of aromatic amines is 1. The molecule has 0 spiro atoms. The predicted molar refractivity (Wildman–Crippen MR) is 79.3 cm³/mol. The Hall–Kier alpha value is -1.63. The lowest BCUT2D eigenvalue weighted by Crippen LogP contribution is -2.13. The van der Waals surface area contributed by atoms with Crippen molar-refractivity contribution >= 4 is 27.5 Å². The standard InChI is InChI=1S/C13H10BrClN4O/c14-10-6-5-9(20-10)12-17-13(19-18-12)11(16)7-1-3-8(15)4-2-7/h1-6,11H,16H2,(H,17,18,19)/t11-/m1/s1. The second-order valence-electron chi connectivity index (χ2n) is 4.18. The second kappa shape index (κ2) is 5.40. The zero-order valence-corrected chi connectivity index (χ0v) is 12.5. The van der Waals surface area contributed by atoms with Crippen LogP contribution in [0.15, 0.2) is 45.5 Å². The van der Waals surface area contributed by atoms with Crippen LogP contribution >= 0.6 is 27.5 Å². The number of nitrogens with two attached hydrogens (primary N) is 1. The molecule has 2 aromatic heterocycles. The van der Waals surface area contributed by atoms with E-state index in [0.717, 1.165) is 5.56 Å². The van der Waals surface area contributed by atoms with Gasteiger partial charge in [-0.05, 0) is 45.8 Å². The SMILES string of the molecule is N[C@H](c1ccc(Cl)cc1)c1nc(-c2ccc(Br)o2)n[nH]1. The Morgan fingerprint density at radius 1 is 1.20 bits per heavy atom. The van der Waals surface area contributed by atoms with Crippen molar-refractivity contribution in [3.05, 3.63) is 57.5 Å². The van der Waals surface area contributed by atoms with Gasteiger partial charge in [0.25, 0.3) is 0 Å². The normalized spacial score (nSPS) is 12.6. The number of halogens is 2. The average molecular weight is 354 g/mol. The van der Waals surface area contributed by atoms with Gasteiger partial charge in [-0.15, -0.1) is 5.10 Å². The van der Waals surface area contributed by atoms with Gasteiger partial charge >= 0.3 is 0 Å². The van der Waals surface area contributed by atoms with E-state index < -0.39 is 6.04 Å². The predicted octanol–water partition coefficient (Wildman–Crippen LogP) is 3.53. The summed E-state index contributed by atoms with van der Waals surface area (Å²) >= 11 is 9.09. The highest BCUT2D eigenvalue weighted by Gasteiger charge is 2.16. The minimum absolute atomic E-state index is 0.396. The molecule has 0 saturated heterocycles. The van der Waals surface area contributed by atoms with E-state index in [4.69, 9.17) is 21.8 Å². The molecular weight excluding hydrogens is 344 g/mol. The molecule has 20 heavy (non-hydrogen) atoms. The molecule has 0 bridgehead atoms. The summed E-state index contributed by atoms with van der Waals surface area (Å²) in [5.41, 5.74) is 7.05. The van der Waals surface area contributed by atoms with Gasteiger partial charge in [0.15, 0.2) is 10.4 Å². The smallest absolute Gasteiger partial charge is 0.217 e. The second-order valence-corrected chi connectivity index (χ2v) is 5.40. The van der Waals surface area contributed by atoms with Crippen molar-refractivity contribution < 1.29 is 4.42 Å². The third-order valence-corrected chi connectivity index (χ3v) is 3.50. The van der Waals surface area contributed by atoms with Gasteiger partial charge in [-0.2, -0.15) is 0 Å². The molecule has 1 aromatic carbocycles.